The Bertz CT molecular complexity index is 1320. The van der Waals surface area contributed by atoms with E-state index in [0.29, 0.717) is 16.9 Å². The Hall–Kier alpha value is -3.38. The maximum atomic E-state index is 14.4. The first kappa shape index (κ1) is 18.6. The predicted octanol–water partition coefficient (Wildman–Crippen LogP) is 4.12. The van der Waals surface area contributed by atoms with E-state index in [1.807, 2.05) is 12.1 Å². The van der Waals surface area contributed by atoms with E-state index in [0.717, 1.165) is 30.7 Å². The van der Waals surface area contributed by atoms with Gasteiger partial charge in [-0.25, -0.2) is 4.39 Å². The lowest BCUT2D eigenvalue weighted by Crippen LogP contribution is -2.26. The summed E-state index contributed by atoms with van der Waals surface area (Å²) in [4.78, 5) is 18.6. The molecule has 0 saturated carbocycles. The van der Waals surface area contributed by atoms with Crippen LogP contribution in [-0.2, 0) is 13.0 Å². The number of H-pyrrole nitrogens is 1. The van der Waals surface area contributed by atoms with Crippen molar-refractivity contribution in [3.8, 4) is 22.6 Å². The maximum Gasteiger partial charge on any atom is 0.255 e. The number of fused-ring (bicyclic) bond motifs is 3. The van der Waals surface area contributed by atoms with Gasteiger partial charge in [-0.2, -0.15) is 0 Å². The predicted molar refractivity (Wildman–Crippen MR) is 116 cm³/mol. The number of benzene rings is 2. The Labute approximate surface area is 173 Å². The van der Waals surface area contributed by atoms with Gasteiger partial charge in [-0.1, -0.05) is 6.07 Å². The smallest absolute Gasteiger partial charge is 0.255 e. The van der Waals surface area contributed by atoms with Crippen molar-refractivity contribution >= 4 is 10.9 Å². The molecule has 6 heteroatoms. The van der Waals surface area contributed by atoms with Crippen LogP contribution in [0.1, 0.15) is 11.3 Å². The van der Waals surface area contributed by atoms with Gasteiger partial charge < -0.3 is 14.6 Å². The molecule has 0 amide bonds. The Balaban J connectivity index is 1.53. The summed E-state index contributed by atoms with van der Waals surface area (Å²) in [6.45, 7) is 1.95. The number of nitrogens with one attached hydrogen (secondary N) is 1. The Morgan fingerprint density at radius 2 is 1.97 bits per heavy atom. The van der Waals surface area contributed by atoms with E-state index in [9.17, 15) is 9.18 Å². The highest BCUT2D eigenvalue weighted by Crippen LogP contribution is 2.29. The monoisotopic (exact) mass is 403 g/mol. The summed E-state index contributed by atoms with van der Waals surface area (Å²) >= 11 is 0. The number of halogens is 1. The molecule has 0 aliphatic carbocycles. The van der Waals surface area contributed by atoms with Crippen LogP contribution in [-0.4, -0.2) is 35.2 Å². The molecule has 1 aliphatic rings. The molecule has 5 nitrogen and oxygen atoms in total. The van der Waals surface area contributed by atoms with E-state index < -0.39 is 5.82 Å². The van der Waals surface area contributed by atoms with Crippen molar-refractivity contribution < 1.29 is 9.13 Å². The lowest BCUT2D eigenvalue weighted by Gasteiger charge is -2.22. The summed E-state index contributed by atoms with van der Waals surface area (Å²) in [6.07, 6.45) is 2.71. The highest BCUT2D eigenvalue weighted by molar-refractivity contribution is 5.86. The minimum absolute atomic E-state index is 0.210. The molecule has 0 atom stereocenters. The van der Waals surface area contributed by atoms with Gasteiger partial charge in [-0.15, -0.1) is 0 Å². The fraction of sp³-hybridized carbons (Fsp3) is 0.208. The van der Waals surface area contributed by atoms with Gasteiger partial charge in [0, 0.05) is 53.6 Å². The zero-order chi connectivity index (χ0) is 20.8. The number of aromatic nitrogens is 2. The summed E-state index contributed by atoms with van der Waals surface area (Å²) in [5, 5.41) is 1.21. The Morgan fingerprint density at radius 1 is 1.10 bits per heavy atom. The molecular weight excluding hydrogens is 381 g/mol. The SMILES string of the molecule is COc1ccc(-c2ccn(-c3ccc4c5c([nH]c4c3)CN(C)CC5)c(=O)c2)c(F)c1. The molecule has 0 bridgehead atoms. The molecule has 0 unspecified atom stereocenters. The third kappa shape index (κ3) is 3.09. The first-order valence-electron chi connectivity index (χ1n) is 9.92. The molecule has 4 aromatic rings. The number of aromatic amines is 1. The van der Waals surface area contributed by atoms with Crippen molar-refractivity contribution in [2.75, 3.05) is 20.7 Å². The van der Waals surface area contributed by atoms with E-state index in [4.69, 9.17) is 4.74 Å². The fourth-order valence-electron chi connectivity index (χ4n) is 4.24. The number of methoxy groups -OCH3 is 1. The molecule has 0 saturated heterocycles. The molecule has 3 heterocycles. The summed E-state index contributed by atoms with van der Waals surface area (Å²) in [5.41, 5.74) is 5.12. The quantitative estimate of drug-likeness (QED) is 0.560. The number of rotatable bonds is 3. The number of hydrogen-bond acceptors (Lipinski definition) is 3. The summed E-state index contributed by atoms with van der Waals surface area (Å²) in [7, 11) is 3.61. The van der Waals surface area contributed by atoms with Crippen molar-refractivity contribution in [2.45, 2.75) is 13.0 Å². The third-order valence-electron chi connectivity index (χ3n) is 5.83. The lowest BCUT2D eigenvalue weighted by molar-refractivity contribution is 0.310. The van der Waals surface area contributed by atoms with Crippen molar-refractivity contribution in [3.63, 3.8) is 0 Å². The van der Waals surface area contributed by atoms with Gasteiger partial charge in [-0.05, 0) is 54.9 Å². The van der Waals surface area contributed by atoms with Crippen LogP contribution in [0.5, 0.6) is 5.75 Å². The summed E-state index contributed by atoms with van der Waals surface area (Å²) in [5.74, 6) is 0.0209. The third-order valence-corrected chi connectivity index (χ3v) is 5.83. The molecular formula is C24H22FN3O2. The van der Waals surface area contributed by atoms with Crippen LogP contribution in [0, 0.1) is 5.82 Å². The van der Waals surface area contributed by atoms with Crippen molar-refractivity contribution in [2.24, 2.45) is 0 Å². The highest BCUT2D eigenvalue weighted by Gasteiger charge is 2.18. The van der Waals surface area contributed by atoms with Gasteiger partial charge in [-0.3, -0.25) is 9.36 Å². The fourth-order valence-corrected chi connectivity index (χ4v) is 4.24. The number of pyridine rings is 1. The maximum absolute atomic E-state index is 14.4. The molecule has 1 aliphatic heterocycles. The molecule has 0 radical (unpaired) electrons. The first-order valence-corrected chi connectivity index (χ1v) is 9.92. The largest absolute Gasteiger partial charge is 0.497 e. The zero-order valence-electron chi connectivity index (χ0n) is 16.9. The molecule has 2 aromatic heterocycles. The van der Waals surface area contributed by atoms with Crippen molar-refractivity contribution in [3.05, 3.63) is 82.2 Å². The number of ether oxygens (including phenoxy) is 1. The molecule has 1 N–H and O–H groups in total. The van der Waals surface area contributed by atoms with Crippen LogP contribution in [0.4, 0.5) is 4.39 Å². The van der Waals surface area contributed by atoms with Crippen LogP contribution in [0.2, 0.25) is 0 Å². The second-order valence-corrected chi connectivity index (χ2v) is 7.77. The van der Waals surface area contributed by atoms with Gasteiger partial charge in [0.1, 0.15) is 11.6 Å². The van der Waals surface area contributed by atoms with E-state index in [1.54, 1.807) is 29.0 Å². The minimum Gasteiger partial charge on any atom is -0.497 e. The van der Waals surface area contributed by atoms with Crippen LogP contribution < -0.4 is 10.3 Å². The molecule has 30 heavy (non-hydrogen) atoms. The van der Waals surface area contributed by atoms with Gasteiger partial charge >= 0.3 is 0 Å². The second kappa shape index (κ2) is 7.15. The first-order chi connectivity index (χ1) is 14.5. The topological polar surface area (TPSA) is 50.3 Å². The second-order valence-electron chi connectivity index (χ2n) is 7.77. The van der Waals surface area contributed by atoms with Gasteiger partial charge in [0.2, 0.25) is 0 Å². The Morgan fingerprint density at radius 3 is 2.73 bits per heavy atom. The number of likely N-dealkylation sites (N-methyl/N-ethyl adjacent to an activating group) is 1. The number of nitrogens with zero attached hydrogens (tertiary/aromatic N) is 2. The molecule has 0 fully saturated rings. The van der Waals surface area contributed by atoms with Crippen LogP contribution in [0.3, 0.4) is 0 Å². The standard InChI is InChI=1S/C24H22FN3O2/c1-27-9-8-20-19-5-3-16(12-22(19)26-23(20)14-27)28-10-7-15(11-24(28)29)18-6-4-17(30-2)13-21(18)25/h3-7,10-13,26H,8-9,14H2,1-2H3. The summed E-state index contributed by atoms with van der Waals surface area (Å²) < 4.78 is 21.0. The Kier molecular flexibility index (Phi) is 4.44. The average Bonchev–Trinajstić information content (AvgIpc) is 3.10. The minimum atomic E-state index is -0.421. The van der Waals surface area contributed by atoms with Crippen molar-refractivity contribution in [1.29, 1.82) is 0 Å². The zero-order valence-corrected chi connectivity index (χ0v) is 16.9. The number of hydrogen-bond donors (Lipinski definition) is 1. The van der Waals surface area contributed by atoms with E-state index in [1.165, 1.54) is 35.9 Å². The van der Waals surface area contributed by atoms with Crippen LogP contribution in [0.15, 0.2) is 59.5 Å². The van der Waals surface area contributed by atoms with E-state index >= 15 is 0 Å². The van der Waals surface area contributed by atoms with Gasteiger partial charge in [0.05, 0.1) is 12.8 Å². The summed E-state index contributed by atoms with van der Waals surface area (Å²) in [6, 6.07) is 13.9. The van der Waals surface area contributed by atoms with Crippen LogP contribution in [0.25, 0.3) is 27.7 Å². The molecule has 152 valence electrons. The normalized spacial score (nSPS) is 14.1. The molecule has 0 spiro atoms. The highest BCUT2D eigenvalue weighted by atomic mass is 19.1. The van der Waals surface area contributed by atoms with E-state index in [-0.39, 0.29) is 5.56 Å². The molecule has 2 aromatic carbocycles. The lowest BCUT2D eigenvalue weighted by atomic mass is 10.0. The van der Waals surface area contributed by atoms with Crippen molar-refractivity contribution in [1.82, 2.24) is 14.5 Å². The molecule has 5 rings (SSSR count). The average molecular weight is 403 g/mol. The van der Waals surface area contributed by atoms with Crippen LogP contribution >= 0.6 is 0 Å². The van der Waals surface area contributed by atoms with E-state index in [2.05, 4.69) is 23.0 Å². The van der Waals surface area contributed by atoms with Gasteiger partial charge in [0.25, 0.3) is 5.56 Å². The van der Waals surface area contributed by atoms with Gasteiger partial charge in [0.15, 0.2) is 0 Å².